The second-order valence-corrected chi connectivity index (χ2v) is 8.31. The van der Waals surface area contributed by atoms with Crippen LogP contribution in [0.25, 0.3) is 0 Å². The lowest BCUT2D eigenvalue weighted by molar-refractivity contribution is -0.119. The number of amides is 3. The molecule has 1 aromatic heterocycles. The molecule has 1 aromatic carbocycles. The number of hydrogen-bond donors (Lipinski definition) is 1. The van der Waals surface area contributed by atoms with Gasteiger partial charge in [0.05, 0.1) is 11.1 Å². The van der Waals surface area contributed by atoms with Crippen LogP contribution in [0.1, 0.15) is 60.1 Å². The van der Waals surface area contributed by atoms with Gasteiger partial charge < -0.3 is 10.1 Å². The Morgan fingerprint density at radius 1 is 1.07 bits per heavy atom. The SMILES string of the molecule is CN1C(=O)c2ccc(NC(=O)COC(=O)c3cc4c(s3)CCCCC4)cc2C1=O. The van der Waals surface area contributed by atoms with Gasteiger partial charge in [0.25, 0.3) is 17.7 Å². The van der Waals surface area contributed by atoms with E-state index in [0.29, 0.717) is 16.1 Å². The van der Waals surface area contributed by atoms with Crippen molar-refractivity contribution in [2.45, 2.75) is 32.1 Å². The quantitative estimate of drug-likeness (QED) is 0.473. The van der Waals surface area contributed by atoms with Crippen molar-refractivity contribution in [2.24, 2.45) is 0 Å². The predicted octanol–water partition coefficient (Wildman–Crippen LogP) is 3.04. The van der Waals surface area contributed by atoms with Crippen molar-refractivity contribution in [1.29, 1.82) is 0 Å². The predicted molar refractivity (Wildman–Crippen MR) is 107 cm³/mol. The standard InChI is InChI=1S/C21H20N2O5S/c1-23-19(25)14-8-7-13(10-15(14)20(23)26)22-18(24)11-28-21(27)17-9-12-5-3-2-4-6-16(12)29-17/h7-10H,2-6,11H2,1H3,(H,22,24). The molecule has 29 heavy (non-hydrogen) atoms. The summed E-state index contributed by atoms with van der Waals surface area (Å²) in [6, 6.07) is 6.37. The second-order valence-electron chi connectivity index (χ2n) is 7.17. The van der Waals surface area contributed by atoms with Gasteiger partial charge in [0.2, 0.25) is 0 Å². The Hall–Kier alpha value is -3.00. The first-order chi connectivity index (χ1) is 13.9. The maximum Gasteiger partial charge on any atom is 0.348 e. The number of nitrogens with zero attached hydrogens (tertiary/aromatic N) is 1. The van der Waals surface area contributed by atoms with Crippen molar-refractivity contribution in [3.8, 4) is 0 Å². The summed E-state index contributed by atoms with van der Waals surface area (Å²) in [7, 11) is 1.41. The number of anilines is 1. The summed E-state index contributed by atoms with van der Waals surface area (Å²) in [5, 5.41) is 2.59. The van der Waals surface area contributed by atoms with Crippen molar-refractivity contribution >= 4 is 40.7 Å². The summed E-state index contributed by atoms with van der Waals surface area (Å²) in [5.41, 5.74) is 2.13. The minimum Gasteiger partial charge on any atom is -0.451 e. The van der Waals surface area contributed by atoms with Crippen LogP contribution in [0.4, 0.5) is 5.69 Å². The van der Waals surface area contributed by atoms with Gasteiger partial charge in [-0.1, -0.05) is 6.42 Å². The van der Waals surface area contributed by atoms with Crippen molar-refractivity contribution < 1.29 is 23.9 Å². The molecule has 0 spiro atoms. The molecule has 0 saturated carbocycles. The Kier molecular flexibility index (Phi) is 5.19. The number of benzene rings is 1. The third-order valence-corrected chi connectivity index (χ3v) is 6.37. The van der Waals surface area contributed by atoms with Gasteiger partial charge in [-0.2, -0.15) is 0 Å². The molecule has 8 heteroatoms. The largest absolute Gasteiger partial charge is 0.451 e. The van der Waals surface area contributed by atoms with Gasteiger partial charge >= 0.3 is 5.97 Å². The summed E-state index contributed by atoms with van der Waals surface area (Å²) >= 11 is 1.45. The third kappa shape index (κ3) is 3.80. The van der Waals surface area contributed by atoms with Crippen molar-refractivity contribution in [3.05, 3.63) is 50.7 Å². The molecule has 2 aromatic rings. The van der Waals surface area contributed by atoms with Crippen LogP contribution in [0.15, 0.2) is 24.3 Å². The Balaban J connectivity index is 1.36. The van der Waals surface area contributed by atoms with E-state index in [9.17, 15) is 19.2 Å². The van der Waals surface area contributed by atoms with Gasteiger partial charge in [-0.25, -0.2) is 4.79 Å². The number of esters is 1. The highest BCUT2D eigenvalue weighted by Crippen LogP contribution is 2.29. The number of fused-ring (bicyclic) bond motifs is 2. The highest BCUT2D eigenvalue weighted by molar-refractivity contribution is 7.14. The minimum atomic E-state index is -0.512. The number of thiophene rings is 1. The van der Waals surface area contributed by atoms with Gasteiger partial charge in [-0.05, 0) is 55.5 Å². The average Bonchev–Trinajstić information content (AvgIpc) is 3.11. The fourth-order valence-electron chi connectivity index (χ4n) is 3.61. The molecule has 2 heterocycles. The fraction of sp³-hybridized carbons (Fsp3) is 0.333. The van der Waals surface area contributed by atoms with Gasteiger partial charge in [0.15, 0.2) is 6.61 Å². The minimum absolute atomic E-state index is 0.243. The number of carbonyl (C=O) groups is 4. The Morgan fingerprint density at radius 2 is 1.83 bits per heavy atom. The van der Waals surface area contributed by atoms with E-state index in [2.05, 4.69) is 5.32 Å². The van der Waals surface area contributed by atoms with E-state index in [1.165, 1.54) is 47.4 Å². The molecule has 0 unspecified atom stereocenters. The lowest BCUT2D eigenvalue weighted by Crippen LogP contribution is -2.24. The highest BCUT2D eigenvalue weighted by Gasteiger charge is 2.32. The first-order valence-electron chi connectivity index (χ1n) is 9.49. The van der Waals surface area contributed by atoms with Crippen LogP contribution in [0, 0.1) is 0 Å². The Morgan fingerprint density at radius 3 is 2.66 bits per heavy atom. The molecule has 150 valence electrons. The Bertz CT molecular complexity index is 1000. The lowest BCUT2D eigenvalue weighted by atomic mass is 10.1. The maximum absolute atomic E-state index is 12.3. The molecule has 0 fully saturated rings. The van der Waals surface area contributed by atoms with E-state index in [1.807, 2.05) is 6.07 Å². The smallest absolute Gasteiger partial charge is 0.348 e. The summed E-state index contributed by atoms with van der Waals surface area (Å²) < 4.78 is 5.15. The molecule has 1 aliphatic carbocycles. The van der Waals surface area contributed by atoms with Gasteiger partial charge in [0, 0.05) is 17.6 Å². The number of nitrogens with one attached hydrogen (secondary N) is 1. The van der Waals surface area contributed by atoms with Crippen LogP contribution in [0.5, 0.6) is 0 Å². The molecule has 7 nitrogen and oxygen atoms in total. The second kappa shape index (κ2) is 7.79. The number of imide groups is 1. The third-order valence-electron chi connectivity index (χ3n) is 5.16. The van der Waals surface area contributed by atoms with E-state index < -0.39 is 24.4 Å². The van der Waals surface area contributed by atoms with E-state index in [4.69, 9.17) is 4.74 Å². The molecular formula is C21H20N2O5S. The molecule has 0 saturated heterocycles. The zero-order valence-electron chi connectivity index (χ0n) is 15.9. The molecule has 0 atom stereocenters. The maximum atomic E-state index is 12.3. The van der Waals surface area contributed by atoms with Crippen molar-refractivity contribution in [3.63, 3.8) is 0 Å². The van der Waals surface area contributed by atoms with Crippen LogP contribution in [0.3, 0.4) is 0 Å². The first-order valence-corrected chi connectivity index (χ1v) is 10.3. The van der Waals surface area contributed by atoms with Crippen LogP contribution < -0.4 is 5.32 Å². The topological polar surface area (TPSA) is 92.8 Å². The van der Waals surface area contributed by atoms with E-state index in [-0.39, 0.29) is 11.5 Å². The van der Waals surface area contributed by atoms with Crippen LogP contribution in [-0.4, -0.2) is 42.2 Å². The monoisotopic (exact) mass is 412 g/mol. The van der Waals surface area contributed by atoms with E-state index in [1.54, 1.807) is 6.07 Å². The van der Waals surface area contributed by atoms with Crippen molar-refractivity contribution in [2.75, 3.05) is 19.0 Å². The zero-order chi connectivity index (χ0) is 20.5. The summed E-state index contributed by atoms with van der Waals surface area (Å²) in [6.07, 6.45) is 5.44. The number of rotatable bonds is 4. The Labute approximate surface area is 171 Å². The molecule has 2 aliphatic rings. The molecule has 1 aliphatic heterocycles. The highest BCUT2D eigenvalue weighted by atomic mass is 32.1. The average molecular weight is 412 g/mol. The lowest BCUT2D eigenvalue weighted by Gasteiger charge is -2.07. The van der Waals surface area contributed by atoms with E-state index in [0.717, 1.165) is 30.6 Å². The number of ether oxygens (including phenoxy) is 1. The van der Waals surface area contributed by atoms with Crippen LogP contribution >= 0.6 is 11.3 Å². The number of carbonyl (C=O) groups excluding carboxylic acids is 4. The molecule has 4 rings (SSSR count). The fourth-order valence-corrected chi connectivity index (χ4v) is 4.75. The molecule has 1 N–H and O–H groups in total. The summed E-state index contributed by atoms with van der Waals surface area (Å²) in [6.45, 7) is -0.425. The van der Waals surface area contributed by atoms with E-state index >= 15 is 0 Å². The number of hydrogen-bond acceptors (Lipinski definition) is 6. The number of aryl methyl sites for hydroxylation is 2. The van der Waals surface area contributed by atoms with Crippen LogP contribution in [-0.2, 0) is 22.4 Å². The zero-order valence-corrected chi connectivity index (χ0v) is 16.8. The normalized spacial score (nSPS) is 15.6. The summed E-state index contributed by atoms with van der Waals surface area (Å²) in [5.74, 6) is -1.80. The first kappa shape index (κ1) is 19.3. The van der Waals surface area contributed by atoms with Gasteiger partial charge in [-0.15, -0.1) is 11.3 Å². The molecule has 0 radical (unpaired) electrons. The molecular weight excluding hydrogens is 392 g/mol. The molecule has 0 bridgehead atoms. The molecule has 3 amide bonds. The van der Waals surface area contributed by atoms with Crippen molar-refractivity contribution in [1.82, 2.24) is 4.90 Å². The van der Waals surface area contributed by atoms with Gasteiger partial charge in [0.1, 0.15) is 4.88 Å². The van der Waals surface area contributed by atoms with Crippen LogP contribution in [0.2, 0.25) is 0 Å². The summed E-state index contributed by atoms with van der Waals surface area (Å²) in [4.78, 5) is 51.2. The van der Waals surface area contributed by atoms with Gasteiger partial charge in [-0.3, -0.25) is 19.3 Å².